The van der Waals surface area contributed by atoms with Crippen molar-refractivity contribution in [1.82, 2.24) is 9.47 Å². The van der Waals surface area contributed by atoms with Crippen LogP contribution in [0, 0.1) is 0 Å². The molecule has 0 radical (unpaired) electrons. The lowest BCUT2D eigenvalue weighted by atomic mass is 9.87. The molecule has 0 saturated carbocycles. The van der Waals surface area contributed by atoms with Crippen LogP contribution in [-0.4, -0.2) is 49.2 Å². The third-order valence-corrected chi connectivity index (χ3v) is 7.08. The number of carbonyl (C=O) groups is 1. The zero-order valence-electron chi connectivity index (χ0n) is 20.3. The highest BCUT2D eigenvalue weighted by Gasteiger charge is 2.21. The molecule has 0 bridgehead atoms. The molecule has 5 rings (SSSR count). The maximum Gasteiger partial charge on any atom is 0.323 e. The van der Waals surface area contributed by atoms with E-state index in [4.69, 9.17) is 0 Å². The fraction of sp³-hybridized carbons (Fsp3) is 0.393. The van der Waals surface area contributed by atoms with E-state index in [0.717, 1.165) is 42.9 Å². The third kappa shape index (κ3) is 5.12. The number of benzene rings is 2. The highest BCUT2D eigenvalue weighted by Crippen LogP contribution is 2.33. The highest BCUT2D eigenvalue weighted by molar-refractivity contribution is 6.01. The van der Waals surface area contributed by atoms with Crippen LogP contribution in [0.1, 0.15) is 32.1 Å². The molecular weight excluding hydrogens is 422 g/mol. The normalized spacial score (nSPS) is 16.1. The molecule has 178 valence electrons. The number of rotatable bonds is 6. The molecule has 0 unspecified atom stereocenters. The van der Waals surface area contributed by atoms with Gasteiger partial charge in [-0.1, -0.05) is 11.1 Å². The Morgan fingerprint density at radius 1 is 0.912 bits per heavy atom. The summed E-state index contributed by atoms with van der Waals surface area (Å²) in [5, 5.41) is 7.05. The number of urea groups is 1. The minimum absolute atomic E-state index is 0.228. The number of anilines is 3. The number of hydrogen-bond acceptors (Lipinski definition) is 3. The average molecular weight is 458 g/mol. The van der Waals surface area contributed by atoms with E-state index < -0.39 is 0 Å². The lowest BCUT2D eigenvalue weighted by Crippen LogP contribution is -2.32. The van der Waals surface area contributed by atoms with E-state index in [0.29, 0.717) is 0 Å². The first-order valence-corrected chi connectivity index (χ1v) is 12.4. The SMILES string of the molecule is CN(C)CCn1ccc2cc(NC(=O)Nc3ccc(N4CCC5=C(CCCC5)C4)cc3)ccc21. The number of aromatic nitrogens is 1. The van der Waals surface area contributed by atoms with E-state index in [-0.39, 0.29) is 6.03 Å². The van der Waals surface area contributed by atoms with Gasteiger partial charge in [-0.3, -0.25) is 0 Å². The molecule has 6 heteroatoms. The molecule has 1 aliphatic carbocycles. The molecule has 2 aliphatic rings. The van der Waals surface area contributed by atoms with Gasteiger partial charge in [-0.2, -0.15) is 0 Å². The molecule has 34 heavy (non-hydrogen) atoms. The van der Waals surface area contributed by atoms with Crippen molar-refractivity contribution in [2.75, 3.05) is 49.3 Å². The van der Waals surface area contributed by atoms with Crippen molar-refractivity contribution in [2.24, 2.45) is 0 Å². The van der Waals surface area contributed by atoms with Gasteiger partial charge >= 0.3 is 6.03 Å². The van der Waals surface area contributed by atoms with Crippen LogP contribution in [0.3, 0.4) is 0 Å². The van der Waals surface area contributed by atoms with E-state index in [2.05, 4.69) is 69.6 Å². The van der Waals surface area contributed by atoms with Crippen LogP contribution in [0.5, 0.6) is 0 Å². The number of amides is 2. The lowest BCUT2D eigenvalue weighted by molar-refractivity contribution is 0.262. The second-order valence-electron chi connectivity index (χ2n) is 9.80. The van der Waals surface area contributed by atoms with Crippen LogP contribution in [0.2, 0.25) is 0 Å². The van der Waals surface area contributed by atoms with Crippen molar-refractivity contribution in [1.29, 1.82) is 0 Å². The molecule has 1 aromatic heterocycles. The van der Waals surface area contributed by atoms with Gasteiger partial charge in [0.25, 0.3) is 0 Å². The summed E-state index contributed by atoms with van der Waals surface area (Å²) >= 11 is 0. The van der Waals surface area contributed by atoms with Crippen molar-refractivity contribution in [3.8, 4) is 0 Å². The minimum Gasteiger partial charge on any atom is -0.367 e. The van der Waals surface area contributed by atoms with Gasteiger partial charge in [0.15, 0.2) is 0 Å². The van der Waals surface area contributed by atoms with Crippen LogP contribution >= 0.6 is 0 Å². The summed E-state index contributed by atoms with van der Waals surface area (Å²) in [5.41, 5.74) is 7.36. The molecule has 0 atom stereocenters. The molecule has 0 spiro atoms. The zero-order valence-corrected chi connectivity index (χ0v) is 20.3. The predicted molar refractivity (Wildman–Crippen MR) is 142 cm³/mol. The summed E-state index contributed by atoms with van der Waals surface area (Å²) in [6, 6.07) is 16.1. The van der Waals surface area contributed by atoms with Crippen LogP contribution in [0.25, 0.3) is 10.9 Å². The van der Waals surface area contributed by atoms with Gasteiger partial charge in [0.05, 0.1) is 0 Å². The van der Waals surface area contributed by atoms with E-state index >= 15 is 0 Å². The van der Waals surface area contributed by atoms with Gasteiger partial charge in [0.1, 0.15) is 0 Å². The monoisotopic (exact) mass is 457 g/mol. The molecule has 0 fully saturated rings. The number of nitrogens with one attached hydrogen (secondary N) is 2. The quantitative estimate of drug-likeness (QED) is 0.451. The maximum atomic E-state index is 12.6. The molecule has 2 N–H and O–H groups in total. The molecule has 2 aromatic carbocycles. The van der Waals surface area contributed by atoms with E-state index in [1.54, 1.807) is 11.1 Å². The number of nitrogens with zero attached hydrogens (tertiary/aromatic N) is 3. The standard InChI is InChI=1S/C28H35N5O/c1-31(2)17-18-32-15-14-22-19-25(9-12-27(22)32)30-28(34)29-24-7-10-26(11-8-24)33-16-13-21-5-3-4-6-23(21)20-33/h7-12,14-15,19H,3-6,13,16-18,20H2,1-2H3,(H2,29,30,34). The number of fused-ring (bicyclic) bond motifs is 1. The van der Waals surface area contributed by atoms with Gasteiger partial charge in [0, 0.05) is 60.3 Å². The van der Waals surface area contributed by atoms with Gasteiger partial charge in [-0.15, -0.1) is 0 Å². The highest BCUT2D eigenvalue weighted by atomic mass is 16.2. The van der Waals surface area contributed by atoms with Gasteiger partial charge < -0.3 is 25.0 Å². The molecule has 2 amide bonds. The largest absolute Gasteiger partial charge is 0.367 e. The van der Waals surface area contributed by atoms with Crippen LogP contribution < -0.4 is 15.5 Å². The predicted octanol–water partition coefficient (Wildman–Crippen LogP) is 5.93. The topological polar surface area (TPSA) is 52.5 Å². The molecule has 2 heterocycles. The number of hydrogen-bond donors (Lipinski definition) is 2. The Morgan fingerprint density at radius 3 is 2.44 bits per heavy atom. The third-order valence-electron chi connectivity index (χ3n) is 7.08. The summed E-state index contributed by atoms with van der Waals surface area (Å²) in [4.78, 5) is 17.2. The summed E-state index contributed by atoms with van der Waals surface area (Å²) in [6.07, 6.45) is 8.56. The van der Waals surface area contributed by atoms with Crippen LogP contribution in [0.15, 0.2) is 65.9 Å². The Bertz CT molecular complexity index is 1190. The first-order valence-electron chi connectivity index (χ1n) is 12.4. The van der Waals surface area contributed by atoms with Crippen LogP contribution in [-0.2, 0) is 6.54 Å². The van der Waals surface area contributed by atoms with Crippen molar-refractivity contribution in [3.05, 3.63) is 65.9 Å². The minimum atomic E-state index is -0.228. The molecule has 0 saturated heterocycles. The Hall–Kier alpha value is -3.25. The van der Waals surface area contributed by atoms with Crippen molar-refractivity contribution < 1.29 is 4.79 Å². The van der Waals surface area contributed by atoms with E-state index in [9.17, 15) is 4.79 Å². The summed E-state index contributed by atoms with van der Waals surface area (Å²) < 4.78 is 2.24. The number of likely N-dealkylation sites (N-methyl/N-ethyl adjacent to an activating group) is 1. The molecule has 6 nitrogen and oxygen atoms in total. The first kappa shape index (κ1) is 22.5. The van der Waals surface area contributed by atoms with Crippen LogP contribution in [0.4, 0.5) is 21.9 Å². The molecular formula is C28H35N5O. The van der Waals surface area contributed by atoms with Gasteiger partial charge in [-0.25, -0.2) is 4.79 Å². The fourth-order valence-electron chi connectivity index (χ4n) is 5.15. The Morgan fingerprint density at radius 2 is 1.65 bits per heavy atom. The van der Waals surface area contributed by atoms with Crippen molar-refractivity contribution >= 4 is 34.0 Å². The average Bonchev–Trinajstić information content (AvgIpc) is 3.25. The lowest BCUT2D eigenvalue weighted by Gasteiger charge is -2.35. The first-order chi connectivity index (χ1) is 16.5. The summed E-state index contributed by atoms with van der Waals surface area (Å²) in [5.74, 6) is 0. The van der Waals surface area contributed by atoms with E-state index in [1.165, 1.54) is 43.3 Å². The van der Waals surface area contributed by atoms with Crippen molar-refractivity contribution in [2.45, 2.75) is 38.6 Å². The zero-order chi connectivity index (χ0) is 23.5. The summed E-state index contributed by atoms with van der Waals surface area (Å²) in [7, 11) is 4.16. The Balaban J connectivity index is 1.18. The second-order valence-corrected chi connectivity index (χ2v) is 9.80. The van der Waals surface area contributed by atoms with Gasteiger partial charge in [-0.05, 0) is 94.7 Å². The molecule has 3 aromatic rings. The summed E-state index contributed by atoms with van der Waals surface area (Å²) in [6.45, 7) is 4.07. The number of carbonyl (C=O) groups excluding carboxylic acids is 1. The smallest absolute Gasteiger partial charge is 0.323 e. The fourth-order valence-corrected chi connectivity index (χ4v) is 5.15. The Kier molecular flexibility index (Phi) is 6.59. The van der Waals surface area contributed by atoms with Crippen molar-refractivity contribution in [3.63, 3.8) is 0 Å². The molecule has 1 aliphatic heterocycles. The van der Waals surface area contributed by atoms with E-state index in [1.807, 2.05) is 24.3 Å². The second kappa shape index (κ2) is 9.94. The van der Waals surface area contributed by atoms with Gasteiger partial charge in [0.2, 0.25) is 0 Å². The Labute approximate surface area is 202 Å². The maximum absolute atomic E-state index is 12.6.